The average molecular weight is 227 g/mol. The second-order valence-corrected chi connectivity index (χ2v) is 4.68. The number of thiophene rings is 1. The molecule has 0 aromatic carbocycles. The van der Waals surface area contributed by atoms with E-state index in [1.54, 1.807) is 11.3 Å². The summed E-state index contributed by atoms with van der Waals surface area (Å²) in [5.41, 5.74) is 0. The molecule has 84 valence electrons. The van der Waals surface area contributed by atoms with Crippen LogP contribution in [0.4, 0.5) is 0 Å². The smallest absolute Gasteiger partial charge is 0.320 e. The second kappa shape index (κ2) is 5.88. The summed E-state index contributed by atoms with van der Waals surface area (Å²) in [5, 5.41) is 14.0. The monoisotopic (exact) mass is 227 g/mol. The molecule has 15 heavy (non-hydrogen) atoms. The summed E-state index contributed by atoms with van der Waals surface area (Å²) < 4.78 is 0. The molecular formula is C11H17NO2S. The van der Waals surface area contributed by atoms with Gasteiger partial charge in [0.25, 0.3) is 0 Å². The minimum absolute atomic E-state index is 0.199. The normalized spacial score (nSPS) is 14.8. The van der Waals surface area contributed by atoms with E-state index in [-0.39, 0.29) is 6.04 Å². The van der Waals surface area contributed by atoms with Gasteiger partial charge in [0.05, 0.1) is 0 Å². The summed E-state index contributed by atoms with van der Waals surface area (Å²) >= 11 is 1.71. The molecule has 3 nitrogen and oxygen atoms in total. The van der Waals surface area contributed by atoms with Gasteiger partial charge in [0.2, 0.25) is 0 Å². The molecule has 1 heterocycles. The third kappa shape index (κ3) is 4.01. The molecule has 0 radical (unpaired) electrons. The summed E-state index contributed by atoms with van der Waals surface area (Å²) in [6.45, 7) is 3.90. The molecule has 1 aromatic heterocycles. The number of rotatable bonds is 6. The van der Waals surface area contributed by atoms with E-state index in [0.717, 1.165) is 6.42 Å². The number of carboxylic acids is 1. The lowest BCUT2D eigenvalue weighted by Gasteiger charge is -2.18. The van der Waals surface area contributed by atoms with Crippen molar-refractivity contribution in [3.63, 3.8) is 0 Å². The van der Waals surface area contributed by atoms with Crippen molar-refractivity contribution in [2.75, 3.05) is 0 Å². The molecule has 0 aliphatic carbocycles. The number of nitrogens with one attached hydrogen (secondary N) is 1. The van der Waals surface area contributed by atoms with Crippen LogP contribution in [-0.2, 0) is 11.2 Å². The van der Waals surface area contributed by atoms with Crippen LogP contribution in [0.25, 0.3) is 0 Å². The van der Waals surface area contributed by atoms with E-state index in [2.05, 4.69) is 11.4 Å². The minimum Gasteiger partial charge on any atom is -0.480 e. The Labute approximate surface area is 94.1 Å². The van der Waals surface area contributed by atoms with Gasteiger partial charge in [-0.2, -0.15) is 0 Å². The van der Waals surface area contributed by atoms with Crippen molar-refractivity contribution in [3.05, 3.63) is 22.4 Å². The predicted octanol–water partition coefficient (Wildman–Crippen LogP) is 2.13. The molecule has 0 bridgehead atoms. The van der Waals surface area contributed by atoms with Crippen LogP contribution in [0.2, 0.25) is 0 Å². The van der Waals surface area contributed by atoms with E-state index in [1.807, 2.05) is 25.3 Å². The fourth-order valence-electron chi connectivity index (χ4n) is 1.50. The molecule has 0 spiro atoms. The van der Waals surface area contributed by atoms with Gasteiger partial charge in [-0.1, -0.05) is 13.0 Å². The Morgan fingerprint density at radius 1 is 1.67 bits per heavy atom. The fourth-order valence-corrected chi connectivity index (χ4v) is 2.33. The third-order valence-electron chi connectivity index (χ3n) is 2.28. The lowest BCUT2D eigenvalue weighted by atomic mass is 10.1. The standard InChI is InChI=1S/C11H17NO2S/c1-3-10(11(13)14)12-8(2)7-9-5-4-6-15-9/h4-6,8,10,12H,3,7H2,1-2H3,(H,13,14). The predicted molar refractivity (Wildman–Crippen MR) is 62.3 cm³/mol. The van der Waals surface area contributed by atoms with E-state index in [1.165, 1.54) is 4.88 Å². The van der Waals surface area contributed by atoms with E-state index >= 15 is 0 Å². The highest BCUT2D eigenvalue weighted by Crippen LogP contribution is 2.11. The van der Waals surface area contributed by atoms with E-state index in [4.69, 9.17) is 5.11 Å². The van der Waals surface area contributed by atoms with Gasteiger partial charge in [0.15, 0.2) is 0 Å². The van der Waals surface area contributed by atoms with E-state index in [0.29, 0.717) is 6.42 Å². The first-order valence-corrected chi connectivity index (χ1v) is 6.02. The highest BCUT2D eigenvalue weighted by molar-refractivity contribution is 7.09. The molecule has 0 aliphatic heterocycles. The molecule has 0 saturated carbocycles. The maximum Gasteiger partial charge on any atom is 0.320 e. The van der Waals surface area contributed by atoms with Crippen LogP contribution in [0, 0.1) is 0 Å². The Balaban J connectivity index is 2.41. The van der Waals surface area contributed by atoms with Gasteiger partial charge in [-0.25, -0.2) is 0 Å². The lowest BCUT2D eigenvalue weighted by Crippen LogP contribution is -2.42. The molecule has 0 aliphatic rings. The first-order chi connectivity index (χ1) is 7.13. The van der Waals surface area contributed by atoms with Crippen molar-refractivity contribution in [1.29, 1.82) is 0 Å². The lowest BCUT2D eigenvalue weighted by molar-refractivity contribution is -0.139. The highest BCUT2D eigenvalue weighted by atomic mass is 32.1. The molecule has 4 heteroatoms. The molecule has 0 fully saturated rings. The van der Waals surface area contributed by atoms with Gasteiger partial charge in [-0.3, -0.25) is 4.79 Å². The minimum atomic E-state index is -0.768. The van der Waals surface area contributed by atoms with Crippen molar-refractivity contribution < 1.29 is 9.90 Å². The number of hydrogen-bond acceptors (Lipinski definition) is 3. The van der Waals surface area contributed by atoms with E-state index < -0.39 is 12.0 Å². The molecule has 0 amide bonds. The van der Waals surface area contributed by atoms with Gasteiger partial charge in [-0.15, -0.1) is 11.3 Å². The molecule has 0 saturated heterocycles. The SMILES string of the molecule is CCC(NC(C)Cc1cccs1)C(=O)O. The van der Waals surface area contributed by atoms with Gasteiger partial charge in [0.1, 0.15) is 6.04 Å². The summed E-state index contributed by atoms with van der Waals surface area (Å²) in [6, 6.07) is 3.86. The Bertz CT molecular complexity index is 298. The molecule has 2 atom stereocenters. The molecular weight excluding hydrogens is 210 g/mol. The largest absolute Gasteiger partial charge is 0.480 e. The van der Waals surface area contributed by atoms with Gasteiger partial charge in [0, 0.05) is 10.9 Å². The Kier molecular flexibility index (Phi) is 4.78. The average Bonchev–Trinajstić information content (AvgIpc) is 2.66. The maximum atomic E-state index is 10.8. The van der Waals surface area contributed by atoms with Crippen LogP contribution in [-0.4, -0.2) is 23.2 Å². The van der Waals surface area contributed by atoms with E-state index in [9.17, 15) is 4.79 Å². The van der Waals surface area contributed by atoms with Crippen LogP contribution in [0.3, 0.4) is 0 Å². The summed E-state index contributed by atoms with van der Waals surface area (Å²) in [7, 11) is 0. The first-order valence-electron chi connectivity index (χ1n) is 5.14. The van der Waals surface area contributed by atoms with Crippen molar-refractivity contribution in [2.45, 2.75) is 38.8 Å². The number of carbonyl (C=O) groups is 1. The second-order valence-electron chi connectivity index (χ2n) is 3.65. The van der Waals surface area contributed by atoms with Crippen molar-refractivity contribution in [2.24, 2.45) is 0 Å². The zero-order chi connectivity index (χ0) is 11.3. The summed E-state index contributed by atoms with van der Waals surface area (Å²) in [4.78, 5) is 12.1. The molecule has 1 aromatic rings. The highest BCUT2D eigenvalue weighted by Gasteiger charge is 2.17. The van der Waals surface area contributed by atoms with Crippen molar-refractivity contribution in [3.8, 4) is 0 Å². The summed E-state index contributed by atoms with van der Waals surface area (Å²) in [6.07, 6.45) is 1.51. The van der Waals surface area contributed by atoms with Crippen LogP contribution >= 0.6 is 11.3 Å². The topological polar surface area (TPSA) is 49.3 Å². The van der Waals surface area contributed by atoms with Crippen LogP contribution in [0.15, 0.2) is 17.5 Å². The zero-order valence-electron chi connectivity index (χ0n) is 9.06. The molecule has 1 rings (SSSR count). The third-order valence-corrected chi connectivity index (χ3v) is 3.18. The van der Waals surface area contributed by atoms with Crippen molar-refractivity contribution >= 4 is 17.3 Å². The number of hydrogen-bond donors (Lipinski definition) is 2. The molecule has 2 N–H and O–H groups in total. The maximum absolute atomic E-state index is 10.8. The quantitative estimate of drug-likeness (QED) is 0.782. The fraction of sp³-hybridized carbons (Fsp3) is 0.545. The van der Waals surface area contributed by atoms with Gasteiger partial charge >= 0.3 is 5.97 Å². The van der Waals surface area contributed by atoms with Crippen LogP contribution in [0.5, 0.6) is 0 Å². The van der Waals surface area contributed by atoms with Gasteiger partial charge < -0.3 is 10.4 Å². The van der Waals surface area contributed by atoms with Crippen molar-refractivity contribution in [1.82, 2.24) is 5.32 Å². The molecule has 2 unspecified atom stereocenters. The van der Waals surface area contributed by atoms with Gasteiger partial charge in [-0.05, 0) is 31.2 Å². The van der Waals surface area contributed by atoms with Crippen LogP contribution < -0.4 is 5.32 Å². The zero-order valence-corrected chi connectivity index (χ0v) is 9.88. The Hall–Kier alpha value is -0.870. The Morgan fingerprint density at radius 3 is 2.87 bits per heavy atom. The van der Waals surface area contributed by atoms with Crippen LogP contribution in [0.1, 0.15) is 25.1 Å². The number of aliphatic carboxylic acids is 1. The first kappa shape index (κ1) is 12.2. The Morgan fingerprint density at radius 2 is 2.40 bits per heavy atom. The summed E-state index contributed by atoms with van der Waals surface area (Å²) in [5.74, 6) is -0.768. The number of carboxylic acid groups (broad SMARTS) is 1.